The van der Waals surface area contributed by atoms with Gasteiger partial charge in [0.25, 0.3) is 5.56 Å². The Kier molecular flexibility index (Phi) is 19.1. The predicted octanol–water partition coefficient (Wildman–Crippen LogP) is 2.31. The molecule has 3 rings (SSSR count). The topological polar surface area (TPSA) is 133 Å². The Morgan fingerprint density at radius 1 is 1.22 bits per heavy atom. The van der Waals surface area contributed by atoms with E-state index in [0.717, 1.165) is 4.47 Å². The molecule has 0 saturated carbocycles. The molecule has 36 heavy (non-hydrogen) atoms. The van der Waals surface area contributed by atoms with Crippen LogP contribution in [0, 0.1) is 6.92 Å². The molecule has 0 amide bonds. The Bertz CT molecular complexity index is 965. The van der Waals surface area contributed by atoms with Gasteiger partial charge in [-0.25, -0.2) is 9.73 Å². The molecule has 0 radical (unpaired) electrons. The third kappa shape index (κ3) is 14.0. The minimum Gasteiger partial charge on any atom is -0.468 e. The number of halogens is 1. The Hall–Kier alpha value is -1.92. The first-order chi connectivity index (χ1) is 17.2. The summed E-state index contributed by atoms with van der Waals surface area (Å²) in [6.45, 7) is 10.0. The fourth-order valence-electron chi connectivity index (χ4n) is 2.29. The van der Waals surface area contributed by atoms with Gasteiger partial charge in [-0.3, -0.25) is 19.1 Å². The van der Waals surface area contributed by atoms with E-state index in [4.69, 9.17) is 14.4 Å². The number of carbonyl (C=O) groups is 1. The molecule has 3 atom stereocenters. The molecule has 204 valence electrons. The highest BCUT2D eigenvalue weighted by Gasteiger charge is 2.28. The van der Waals surface area contributed by atoms with Gasteiger partial charge in [0.15, 0.2) is 12.5 Å². The van der Waals surface area contributed by atoms with Crippen LogP contribution in [0.3, 0.4) is 0 Å². The summed E-state index contributed by atoms with van der Waals surface area (Å²) >= 11 is 3.34. The number of hydrogen-bond donors (Lipinski definition) is 3. The van der Waals surface area contributed by atoms with Crippen molar-refractivity contribution in [2.45, 2.75) is 53.6 Å². The number of methoxy groups -OCH3 is 1. The number of hydrogen-bond acceptors (Lipinski definition) is 9. The lowest BCUT2D eigenvalue weighted by Gasteiger charge is -2.14. The summed E-state index contributed by atoms with van der Waals surface area (Å²) in [5.41, 5.74) is 4.22. The molecule has 13 heteroatoms. The largest absolute Gasteiger partial charge is 0.468 e. The summed E-state index contributed by atoms with van der Waals surface area (Å²) in [5, 5.41) is 1.22. The van der Waals surface area contributed by atoms with Crippen LogP contribution in [0.2, 0.25) is 0 Å². The van der Waals surface area contributed by atoms with E-state index >= 15 is 0 Å². The van der Waals surface area contributed by atoms with Gasteiger partial charge >= 0.3 is 11.7 Å². The van der Waals surface area contributed by atoms with Crippen LogP contribution in [0.4, 0.5) is 0 Å². The number of H-pyrrole nitrogens is 1. The zero-order chi connectivity index (χ0) is 27.5. The number of esters is 1. The van der Waals surface area contributed by atoms with E-state index in [2.05, 4.69) is 59.7 Å². The monoisotopic (exact) mass is 592 g/mol. The molecule has 1 saturated heterocycles. The first-order valence-electron chi connectivity index (χ1n) is 11.5. The molecular formula is C23H38BrN4O7P. The van der Waals surface area contributed by atoms with Crippen LogP contribution in [-0.2, 0) is 23.9 Å². The standard InChI is InChI=1S/C12H18N4O7.C6H6BrP.C3H8.C2H6/c1-7-5-16(12(19)15-11(7)18)8-6-21-10(22-8)4-14-23-13-3-9(17)20-2;7-5-1-3-6(8)4-2-5;1-3-2;1-2/h5,8,10,13-14H,3-4,6H2,1-2H3,(H,15,18,19);1-4H,8H2;3H2,1-2H3;1-2H3. The number of hydroxylamine groups is 2. The molecule has 1 aliphatic heterocycles. The van der Waals surface area contributed by atoms with Gasteiger partial charge in [0.05, 0.1) is 20.3 Å². The van der Waals surface area contributed by atoms with E-state index in [1.807, 2.05) is 38.1 Å². The Balaban J connectivity index is 0.000000778. The van der Waals surface area contributed by atoms with E-state index in [0.29, 0.717) is 5.56 Å². The molecule has 1 aromatic carbocycles. The molecule has 3 N–H and O–H groups in total. The molecule has 0 bridgehead atoms. The highest BCUT2D eigenvalue weighted by atomic mass is 79.9. The van der Waals surface area contributed by atoms with Crippen molar-refractivity contribution in [3.8, 4) is 0 Å². The highest BCUT2D eigenvalue weighted by molar-refractivity contribution is 9.10. The van der Waals surface area contributed by atoms with Crippen molar-refractivity contribution in [2.24, 2.45) is 0 Å². The molecule has 3 unspecified atom stereocenters. The van der Waals surface area contributed by atoms with E-state index in [1.54, 1.807) is 6.92 Å². The lowest BCUT2D eigenvalue weighted by molar-refractivity contribution is -0.147. The van der Waals surface area contributed by atoms with Gasteiger partial charge in [0.2, 0.25) is 0 Å². The number of rotatable bonds is 7. The minimum absolute atomic E-state index is 0.120. The maximum atomic E-state index is 11.8. The molecule has 0 spiro atoms. The molecule has 0 aliphatic carbocycles. The zero-order valence-corrected chi connectivity index (χ0v) is 24.4. The highest BCUT2D eigenvalue weighted by Crippen LogP contribution is 2.18. The summed E-state index contributed by atoms with van der Waals surface area (Å²) in [7, 11) is 3.89. The van der Waals surface area contributed by atoms with Crippen LogP contribution in [0.25, 0.3) is 0 Å². The molecule has 2 heterocycles. The minimum atomic E-state index is -0.654. The van der Waals surface area contributed by atoms with Gasteiger partial charge in [-0.05, 0) is 24.4 Å². The number of nitrogens with zero attached hydrogens (tertiary/aromatic N) is 1. The maximum absolute atomic E-state index is 11.8. The molecular weight excluding hydrogens is 555 g/mol. The van der Waals surface area contributed by atoms with Crippen molar-refractivity contribution in [1.29, 1.82) is 0 Å². The quantitative estimate of drug-likeness (QED) is 0.192. The summed E-state index contributed by atoms with van der Waals surface area (Å²) in [6.07, 6.45) is 1.37. The fourth-order valence-corrected chi connectivity index (χ4v) is 2.74. The lowest BCUT2D eigenvalue weighted by Crippen LogP contribution is -2.36. The van der Waals surface area contributed by atoms with Gasteiger partial charge in [-0.2, -0.15) is 11.0 Å². The molecule has 2 aromatic rings. The fraction of sp³-hybridized carbons (Fsp3) is 0.522. The summed E-state index contributed by atoms with van der Waals surface area (Å²) in [4.78, 5) is 40.9. The van der Waals surface area contributed by atoms with Crippen molar-refractivity contribution in [3.63, 3.8) is 0 Å². The van der Waals surface area contributed by atoms with Crippen LogP contribution in [0.5, 0.6) is 0 Å². The van der Waals surface area contributed by atoms with Crippen LogP contribution in [0.15, 0.2) is 44.5 Å². The average Bonchev–Trinajstić information content (AvgIpc) is 3.33. The van der Waals surface area contributed by atoms with Crippen molar-refractivity contribution in [1.82, 2.24) is 20.5 Å². The normalized spacial score (nSPS) is 15.9. The number of benzene rings is 1. The predicted molar refractivity (Wildman–Crippen MR) is 146 cm³/mol. The number of aromatic amines is 1. The summed E-state index contributed by atoms with van der Waals surface area (Å²) < 4.78 is 17.7. The summed E-state index contributed by atoms with van der Waals surface area (Å²) in [6, 6.07) is 8.11. The molecule has 1 fully saturated rings. The Labute approximate surface area is 222 Å². The van der Waals surface area contributed by atoms with Crippen LogP contribution in [-0.4, -0.2) is 48.6 Å². The number of aryl methyl sites for hydroxylation is 1. The van der Waals surface area contributed by atoms with E-state index in [1.165, 1.54) is 29.6 Å². The number of ether oxygens (including phenoxy) is 3. The zero-order valence-electron chi connectivity index (χ0n) is 21.6. The number of carbonyl (C=O) groups excluding carboxylic acids is 1. The number of nitrogens with one attached hydrogen (secondary N) is 3. The maximum Gasteiger partial charge on any atom is 0.330 e. The SMILES string of the molecule is CC.CCC.COC(=O)CNONCC1OCC(n2cc(C)c(=O)[nH]c2=O)O1.Pc1ccc(Br)cc1. The third-order valence-corrected chi connectivity index (χ3v) is 4.81. The van der Waals surface area contributed by atoms with Crippen LogP contribution in [0.1, 0.15) is 45.9 Å². The van der Waals surface area contributed by atoms with Gasteiger partial charge in [0, 0.05) is 16.2 Å². The summed E-state index contributed by atoms with van der Waals surface area (Å²) in [5.74, 6) is -0.479. The first kappa shape index (κ1) is 34.1. The van der Waals surface area contributed by atoms with Crippen molar-refractivity contribution >= 4 is 36.4 Å². The Morgan fingerprint density at radius 3 is 2.39 bits per heavy atom. The van der Waals surface area contributed by atoms with E-state index in [-0.39, 0.29) is 19.7 Å². The second-order valence-electron chi connectivity index (χ2n) is 6.94. The van der Waals surface area contributed by atoms with Crippen LogP contribution < -0.4 is 27.5 Å². The van der Waals surface area contributed by atoms with Gasteiger partial charge in [-0.1, -0.05) is 62.2 Å². The Morgan fingerprint density at radius 2 is 1.83 bits per heavy atom. The van der Waals surface area contributed by atoms with E-state index in [9.17, 15) is 14.4 Å². The smallest absolute Gasteiger partial charge is 0.330 e. The molecule has 11 nitrogen and oxygen atoms in total. The number of aromatic nitrogens is 2. The molecule has 1 aromatic heterocycles. The van der Waals surface area contributed by atoms with Crippen molar-refractivity contribution < 1.29 is 23.9 Å². The van der Waals surface area contributed by atoms with Gasteiger partial charge in [-0.15, -0.1) is 9.24 Å². The molecule has 1 aliphatic rings. The van der Waals surface area contributed by atoms with Gasteiger partial charge in [0.1, 0.15) is 6.54 Å². The second-order valence-corrected chi connectivity index (χ2v) is 8.52. The first-order valence-corrected chi connectivity index (χ1v) is 12.9. The third-order valence-electron chi connectivity index (χ3n) is 3.90. The average molecular weight is 593 g/mol. The van der Waals surface area contributed by atoms with Crippen molar-refractivity contribution in [2.75, 3.05) is 26.8 Å². The lowest BCUT2D eigenvalue weighted by atomic mass is 10.4. The van der Waals surface area contributed by atoms with Crippen molar-refractivity contribution in [3.05, 3.63) is 61.3 Å². The second kappa shape index (κ2) is 20.2. The van der Waals surface area contributed by atoms with E-state index < -0.39 is 29.7 Å². The van der Waals surface area contributed by atoms with Gasteiger partial charge < -0.3 is 14.2 Å². The van der Waals surface area contributed by atoms with Crippen LogP contribution >= 0.6 is 25.2 Å².